The summed E-state index contributed by atoms with van der Waals surface area (Å²) in [6.07, 6.45) is 1.65. The number of carbonyl (C=O) groups is 1. The van der Waals surface area contributed by atoms with E-state index < -0.39 is 0 Å². The fourth-order valence-corrected chi connectivity index (χ4v) is 2.44. The first-order valence-electron chi connectivity index (χ1n) is 7.78. The van der Waals surface area contributed by atoms with Crippen LogP contribution in [0.25, 0.3) is 0 Å². The van der Waals surface area contributed by atoms with E-state index in [2.05, 4.69) is 21.7 Å². The Morgan fingerprint density at radius 1 is 0.917 bits per heavy atom. The van der Waals surface area contributed by atoms with E-state index in [9.17, 15) is 4.79 Å². The predicted molar refractivity (Wildman–Crippen MR) is 97.8 cm³/mol. The fraction of sp³-hybridized carbons (Fsp3) is 0.100. The van der Waals surface area contributed by atoms with Crippen molar-refractivity contribution in [2.45, 2.75) is 13.8 Å². The maximum absolute atomic E-state index is 12.3. The minimum absolute atomic E-state index is 0.130. The third-order valence-corrected chi connectivity index (χ3v) is 3.70. The molecule has 2 N–H and O–H groups in total. The highest BCUT2D eigenvalue weighted by atomic mass is 16.1. The molecule has 3 aromatic rings. The van der Waals surface area contributed by atoms with Crippen molar-refractivity contribution in [3.05, 3.63) is 83.6 Å². The normalized spacial score (nSPS) is 10.2. The average molecular weight is 317 g/mol. The smallest absolute Gasteiger partial charge is 0.255 e. The molecule has 0 fully saturated rings. The minimum atomic E-state index is -0.130. The molecule has 120 valence electrons. The quantitative estimate of drug-likeness (QED) is 0.733. The van der Waals surface area contributed by atoms with Gasteiger partial charge in [0.2, 0.25) is 0 Å². The zero-order valence-electron chi connectivity index (χ0n) is 13.7. The number of aryl methyl sites for hydroxylation is 2. The van der Waals surface area contributed by atoms with E-state index in [0.717, 1.165) is 17.1 Å². The van der Waals surface area contributed by atoms with E-state index in [4.69, 9.17) is 0 Å². The first-order valence-corrected chi connectivity index (χ1v) is 7.78. The van der Waals surface area contributed by atoms with Crippen LogP contribution in [0.2, 0.25) is 0 Å². The van der Waals surface area contributed by atoms with Crippen LogP contribution in [0.15, 0.2) is 66.9 Å². The van der Waals surface area contributed by atoms with Crippen molar-refractivity contribution in [1.29, 1.82) is 0 Å². The SMILES string of the molecule is Cc1cccc(Nc2ccc(NC(=O)c3ccccc3C)cn2)c1. The summed E-state index contributed by atoms with van der Waals surface area (Å²) < 4.78 is 0. The molecule has 0 saturated carbocycles. The second-order valence-corrected chi connectivity index (χ2v) is 5.70. The number of nitrogens with one attached hydrogen (secondary N) is 2. The molecule has 0 atom stereocenters. The number of nitrogens with zero attached hydrogens (tertiary/aromatic N) is 1. The van der Waals surface area contributed by atoms with E-state index >= 15 is 0 Å². The molecule has 0 radical (unpaired) electrons. The van der Waals surface area contributed by atoms with Gasteiger partial charge in [-0.05, 0) is 55.3 Å². The third-order valence-electron chi connectivity index (χ3n) is 3.70. The Hall–Kier alpha value is -3.14. The Balaban J connectivity index is 1.68. The largest absolute Gasteiger partial charge is 0.340 e. The van der Waals surface area contributed by atoms with E-state index in [1.165, 1.54) is 5.56 Å². The van der Waals surface area contributed by atoms with Crippen molar-refractivity contribution in [3.63, 3.8) is 0 Å². The van der Waals surface area contributed by atoms with Gasteiger partial charge < -0.3 is 10.6 Å². The van der Waals surface area contributed by atoms with Gasteiger partial charge >= 0.3 is 0 Å². The molecule has 3 rings (SSSR count). The molecule has 1 amide bonds. The molecule has 0 aliphatic carbocycles. The van der Waals surface area contributed by atoms with Gasteiger partial charge in [0.15, 0.2) is 0 Å². The third kappa shape index (κ3) is 3.79. The summed E-state index contributed by atoms with van der Waals surface area (Å²) in [6.45, 7) is 3.96. The van der Waals surface area contributed by atoms with Crippen LogP contribution in [0.1, 0.15) is 21.5 Å². The summed E-state index contributed by atoms with van der Waals surface area (Å²) >= 11 is 0. The molecule has 1 heterocycles. The van der Waals surface area contributed by atoms with Gasteiger partial charge in [-0.2, -0.15) is 0 Å². The zero-order chi connectivity index (χ0) is 16.9. The first-order chi connectivity index (χ1) is 11.6. The second kappa shape index (κ2) is 6.96. The number of benzene rings is 2. The molecule has 0 unspecified atom stereocenters. The Bertz CT molecular complexity index is 857. The van der Waals surface area contributed by atoms with Crippen LogP contribution in [0.5, 0.6) is 0 Å². The van der Waals surface area contributed by atoms with E-state index in [0.29, 0.717) is 11.3 Å². The number of pyridine rings is 1. The number of anilines is 3. The first kappa shape index (κ1) is 15.7. The highest BCUT2D eigenvalue weighted by molar-refractivity contribution is 6.05. The maximum atomic E-state index is 12.3. The number of hydrogen-bond acceptors (Lipinski definition) is 3. The summed E-state index contributed by atoms with van der Waals surface area (Å²) in [7, 11) is 0. The maximum Gasteiger partial charge on any atom is 0.255 e. The van der Waals surface area contributed by atoms with Crippen molar-refractivity contribution in [1.82, 2.24) is 4.98 Å². The summed E-state index contributed by atoms with van der Waals surface area (Å²) in [4.78, 5) is 16.6. The Labute approximate surface area is 141 Å². The van der Waals surface area contributed by atoms with Crippen LogP contribution >= 0.6 is 0 Å². The van der Waals surface area contributed by atoms with Crippen LogP contribution in [0.3, 0.4) is 0 Å². The van der Waals surface area contributed by atoms with Gasteiger partial charge in [0.1, 0.15) is 5.82 Å². The number of carbonyl (C=O) groups excluding carboxylic acids is 1. The van der Waals surface area contributed by atoms with E-state index in [1.807, 2.05) is 68.4 Å². The number of hydrogen-bond donors (Lipinski definition) is 2. The van der Waals surface area contributed by atoms with Gasteiger partial charge in [-0.3, -0.25) is 4.79 Å². The van der Waals surface area contributed by atoms with Crippen LogP contribution in [0.4, 0.5) is 17.2 Å². The summed E-state index contributed by atoms with van der Waals surface area (Å²) in [5.41, 5.74) is 4.44. The molecule has 1 aromatic heterocycles. The monoisotopic (exact) mass is 317 g/mol. The van der Waals surface area contributed by atoms with E-state index in [1.54, 1.807) is 6.20 Å². The predicted octanol–water partition coefficient (Wildman–Crippen LogP) is 4.69. The molecular formula is C20H19N3O. The zero-order valence-corrected chi connectivity index (χ0v) is 13.7. The minimum Gasteiger partial charge on any atom is -0.340 e. The number of amides is 1. The average Bonchev–Trinajstić information content (AvgIpc) is 2.57. The Kier molecular flexibility index (Phi) is 4.57. The van der Waals surface area contributed by atoms with Gasteiger partial charge in [0.05, 0.1) is 11.9 Å². The molecule has 2 aromatic carbocycles. The van der Waals surface area contributed by atoms with Gasteiger partial charge in [-0.25, -0.2) is 4.98 Å². The van der Waals surface area contributed by atoms with Crippen LogP contribution in [-0.2, 0) is 0 Å². The summed E-state index contributed by atoms with van der Waals surface area (Å²) in [5.74, 6) is 0.601. The van der Waals surface area contributed by atoms with Gasteiger partial charge in [-0.1, -0.05) is 30.3 Å². The lowest BCUT2D eigenvalue weighted by Gasteiger charge is -2.09. The van der Waals surface area contributed by atoms with Crippen molar-refractivity contribution in [2.24, 2.45) is 0 Å². The van der Waals surface area contributed by atoms with Gasteiger partial charge in [0.25, 0.3) is 5.91 Å². The van der Waals surface area contributed by atoms with Crippen molar-refractivity contribution in [2.75, 3.05) is 10.6 Å². The highest BCUT2D eigenvalue weighted by Gasteiger charge is 2.08. The summed E-state index contributed by atoms with van der Waals surface area (Å²) in [6, 6.07) is 19.3. The molecule has 0 aliphatic heterocycles. The highest BCUT2D eigenvalue weighted by Crippen LogP contribution is 2.18. The standard InChI is InChI=1S/C20H19N3O/c1-14-6-5-8-16(12-14)22-19-11-10-17(13-21-19)23-20(24)18-9-4-3-7-15(18)2/h3-13H,1-2H3,(H,21,22)(H,23,24). The molecular weight excluding hydrogens is 298 g/mol. The number of aromatic nitrogens is 1. The van der Waals surface area contributed by atoms with Gasteiger partial charge in [0, 0.05) is 11.3 Å². The number of rotatable bonds is 4. The topological polar surface area (TPSA) is 54.0 Å². The van der Waals surface area contributed by atoms with Crippen LogP contribution in [0, 0.1) is 13.8 Å². The van der Waals surface area contributed by atoms with E-state index in [-0.39, 0.29) is 5.91 Å². The Morgan fingerprint density at radius 2 is 1.75 bits per heavy atom. The van der Waals surface area contributed by atoms with Gasteiger partial charge in [-0.15, -0.1) is 0 Å². The summed E-state index contributed by atoms with van der Waals surface area (Å²) in [5, 5.41) is 6.11. The lowest BCUT2D eigenvalue weighted by molar-refractivity contribution is 0.102. The van der Waals surface area contributed by atoms with Crippen LogP contribution in [-0.4, -0.2) is 10.9 Å². The molecule has 4 heteroatoms. The van der Waals surface area contributed by atoms with Crippen molar-refractivity contribution >= 4 is 23.1 Å². The molecule has 0 bridgehead atoms. The lowest BCUT2D eigenvalue weighted by atomic mass is 10.1. The molecule has 4 nitrogen and oxygen atoms in total. The molecule has 0 aliphatic rings. The Morgan fingerprint density at radius 3 is 2.46 bits per heavy atom. The molecule has 0 saturated heterocycles. The second-order valence-electron chi connectivity index (χ2n) is 5.70. The molecule has 24 heavy (non-hydrogen) atoms. The lowest BCUT2D eigenvalue weighted by Crippen LogP contribution is -2.13. The molecule has 0 spiro atoms. The fourth-order valence-electron chi connectivity index (χ4n) is 2.44. The van der Waals surface area contributed by atoms with Crippen molar-refractivity contribution < 1.29 is 4.79 Å². The van der Waals surface area contributed by atoms with Crippen LogP contribution < -0.4 is 10.6 Å². The van der Waals surface area contributed by atoms with Crippen molar-refractivity contribution in [3.8, 4) is 0 Å².